The molecule has 0 bridgehead atoms. The summed E-state index contributed by atoms with van der Waals surface area (Å²) in [6, 6.07) is 12.4. The summed E-state index contributed by atoms with van der Waals surface area (Å²) >= 11 is 0. The normalized spacial score (nSPS) is 15.7. The maximum absolute atomic E-state index is 13.2. The van der Waals surface area contributed by atoms with Gasteiger partial charge < -0.3 is 9.33 Å². The third kappa shape index (κ3) is 3.35. The predicted molar refractivity (Wildman–Crippen MR) is 125 cm³/mol. The number of benzene rings is 2. The molecule has 0 radical (unpaired) electrons. The molecule has 0 atom stereocenters. The molecule has 0 saturated carbocycles. The van der Waals surface area contributed by atoms with E-state index in [4.69, 9.17) is 4.43 Å². The summed E-state index contributed by atoms with van der Waals surface area (Å²) in [7, 11) is 0.142. The molecule has 1 aliphatic heterocycles. The highest BCUT2D eigenvalue weighted by Crippen LogP contribution is 2.37. The summed E-state index contributed by atoms with van der Waals surface area (Å²) in [5, 5.41) is 2.55. The minimum atomic E-state index is -2.02. The number of hydrogen-bond donors (Lipinski definition) is 0. The molecule has 2 aromatic carbocycles. The van der Waals surface area contributed by atoms with Crippen molar-refractivity contribution in [1.82, 2.24) is 0 Å². The van der Waals surface area contributed by atoms with Crippen molar-refractivity contribution >= 4 is 38.2 Å². The highest BCUT2D eigenvalue weighted by molar-refractivity contribution is 7.02. The lowest BCUT2D eigenvalue weighted by molar-refractivity contribution is 0.104. The zero-order valence-electron chi connectivity index (χ0n) is 18.7. The van der Waals surface area contributed by atoms with E-state index in [-0.39, 0.29) is 10.8 Å². The van der Waals surface area contributed by atoms with Gasteiger partial charge in [0.2, 0.25) is 8.32 Å². The van der Waals surface area contributed by atoms with Crippen LogP contribution in [0, 0.1) is 0 Å². The number of fused-ring (bicyclic) bond motifs is 2. The standard InChI is InChI=1S/C23H33NO2Si2/c1-23(2,3)28(8,9)26-17-11-13-19-21(15-17)27(6,7)20-14-16(24(4)5)10-12-18(20)22(19)25/h10-15H,1-9H3. The van der Waals surface area contributed by atoms with Gasteiger partial charge in [-0.25, -0.2) is 0 Å². The lowest BCUT2D eigenvalue weighted by Gasteiger charge is -2.38. The van der Waals surface area contributed by atoms with E-state index >= 15 is 0 Å². The summed E-state index contributed by atoms with van der Waals surface area (Å²) in [5.41, 5.74) is 2.86. The van der Waals surface area contributed by atoms with Crippen LogP contribution < -0.4 is 19.7 Å². The molecule has 5 heteroatoms. The molecule has 2 aromatic rings. The quantitative estimate of drug-likeness (QED) is 0.696. The average molecular weight is 412 g/mol. The molecular weight excluding hydrogens is 378 g/mol. The van der Waals surface area contributed by atoms with E-state index in [2.05, 4.69) is 64.0 Å². The van der Waals surface area contributed by atoms with Crippen molar-refractivity contribution < 1.29 is 9.22 Å². The molecule has 0 amide bonds. The Hall–Kier alpha value is -1.86. The molecule has 0 aliphatic carbocycles. The highest BCUT2D eigenvalue weighted by atomic mass is 28.4. The largest absolute Gasteiger partial charge is 0.544 e. The van der Waals surface area contributed by atoms with Gasteiger partial charge in [0.1, 0.15) is 13.8 Å². The second-order valence-corrected chi connectivity index (χ2v) is 19.2. The Balaban J connectivity index is 2.11. The van der Waals surface area contributed by atoms with Crippen LogP contribution in [-0.4, -0.2) is 36.3 Å². The number of ketones is 1. The Labute approximate surface area is 171 Å². The van der Waals surface area contributed by atoms with Crippen molar-refractivity contribution in [3.8, 4) is 5.75 Å². The molecule has 0 fully saturated rings. The molecule has 150 valence electrons. The van der Waals surface area contributed by atoms with Crippen molar-refractivity contribution in [1.29, 1.82) is 0 Å². The van der Waals surface area contributed by atoms with E-state index in [1.807, 2.05) is 38.4 Å². The van der Waals surface area contributed by atoms with Crippen LogP contribution in [0.2, 0.25) is 31.2 Å². The monoisotopic (exact) mass is 411 g/mol. The van der Waals surface area contributed by atoms with Crippen LogP contribution in [0.1, 0.15) is 36.7 Å². The Kier molecular flexibility index (Phi) is 4.91. The minimum Gasteiger partial charge on any atom is -0.544 e. The molecule has 28 heavy (non-hydrogen) atoms. The van der Waals surface area contributed by atoms with Gasteiger partial charge in [-0.2, -0.15) is 0 Å². The second-order valence-electron chi connectivity index (χ2n) is 10.1. The maximum Gasteiger partial charge on any atom is 0.250 e. The summed E-state index contributed by atoms with van der Waals surface area (Å²) in [5.74, 6) is 1.05. The number of carbonyl (C=O) groups is 1. The first-order valence-corrected chi connectivity index (χ1v) is 15.9. The van der Waals surface area contributed by atoms with Crippen LogP contribution in [0.15, 0.2) is 36.4 Å². The van der Waals surface area contributed by atoms with Gasteiger partial charge in [0.25, 0.3) is 0 Å². The first kappa shape index (κ1) is 20.9. The van der Waals surface area contributed by atoms with Crippen molar-refractivity contribution in [3.63, 3.8) is 0 Å². The van der Waals surface area contributed by atoms with E-state index in [0.717, 1.165) is 22.6 Å². The van der Waals surface area contributed by atoms with Gasteiger partial charge in [-0.1, -0.05) is 33.9 Å². The minimum absolute atomic E-state index is 0.138. The van der Waals surface area contributed by atoms with Gasteiger partial charge in [-0.05, 0) is 64.9 Å². The second kappa shape index (κ2) is 6.59. The fourth-order valence-corrected chi connectivity index (χ4v) is 7.63. The van der Waals surface area contributed by atoms with Gasteiger partial charge in [0, 0.05) is 30.9 Å². The topological polar surface area (TPSA) is 29.5 Å². The van der Waals surface area contributed by atoms with E-state index in [0.29, 0.717) is 0 Å². The van der Waals surface area contributed by atoms with Crippen LogP contribution in [0.3, 0.4) is 0 Å². The number of nitrogens with zero attached hydrogens (tertiary/aromatic N) is 1. The molecular formula is C23H33NO2Si2. The predicted octanol–water partition coefficient (Wildman–Crippen LogP) is 4.50. The molecule has 0 spiro atoms. The number of carbonyl (C=O) groups excluding carboxylic acids is 1. The van der Waals surface area contributed by atoms with E-state index in [1.165, 1.54) is 10.4 Å². The van der Waals surface area contributed by atoms with Crippen LogP contribution in [0.25, 0.3) is 0 Å². The van der Waals surface area contributed by atoms with Crippen LogP contribution in [0.4, 0.5) is 5.69 Å². The Morgan fingerprint density at radius 1 is 0.929 bits per heavy atom. The number of hydrogen-bond acceptors (Lipinski definition) is 3. The third-order valence-corrected chi connectivity index (χ3v) is 14.4. The van der Waals surface area contributed by atoms with E-state index < -0.39 is 16.4 Å². The van der Waals surface area contributed by atoms with Gasteiger partial charge in [0.05, 0.1) is 0 Å². The smallest absolute Gasteiger partial charge is 0.250 e. The molecule has 0 saturated heterocycles. The van der Waals surface area contributed by atoms with Gasteiger partial charge >= 0.3 is 0 Å². The fraction of sp³-hybridized carbons (Fsp3) is 0.435. The summed E-state index contributed by atoms with van der Waals surface area (Å²) in [4.78, 5) is 15.3. The molecule has 3 rings (SSSR count). The highest BCUT2D eigenvalue weighted by Gasteiger charge is 2.41. The molecule has 3 nitrogen and oxygen atoms in total. The number of rotatable bonds is 3. The molecule has 0 unspecified atom stereocenters. The first-order chi connectivity index (χ1) is 12.8. The molecule has 1 aliphatic rings. The Bertz CT molecular complexity index is 940. The van der Waals surface area contributed by atoms with Crippen molar-refractivity contribution in [2.45, 2.75) is 52.0 Å². The number of anilines is 1. The summed E-state index contributed by atoms with van der Waals surface area (Å²) in [6.07, 6.45) is 0. The van der Waals surface area contributed by atoms with Gasteiger partial charge in [-0.15, -0.1) is 0 Å². The summed E-state index contributed by atoms with van der Waals surface area (Å²) < 4.78 is 6.55. The molecule has 1 heterocycles. The summed E-state index contributed by atoms with van der Waals surface area (Å²) in [6.45, 7) is 16.0. The lowest BCUT2D eigenvalue weighted by atomic mass is 10.0. The zero-order chi connectivity index (χ0) is 21.1. The van der Waals surface area contributed by atoms with Gasteiger partial charge in [-0.3, -0.25) is 4.79 Å². The fourth-order valence-electron chi connectivity index (χ4n) is 3.57. The zero-order valence-corrected chi connectivity index (χ0v) is 20.7. The van der Waals surface area contributed by atoms with E-state index in [9.17, 15) is 4.79 Å². The van der Waals surface area contributed by atoms with Crippen LogP contribution >= 0.6 is 0 Å². The average Bonchev–Trinajstić information content (AvgIpc) is 2.58. The van der Waals surface area contributed by atoms with Crippen molar-refractivity contribution in [2.75, 3.05) is 19.0 Å². The van der Waals surface area contributed by atoms with Crippen molar-refractivity contribution in [3.05, 3.63) is 47.5 Å². The van der Waals surface area contributed by atoms with E-state index in [1.54, 1.807) is 0 Å². The first-order valence-electron chi connectivity index (χ1n) is 9.96. The van der Waals surface area contributed by atoms with Crippen LogP contribution in [0.5, 0.6) is 5.75 Å². The Morgan fingerprint density at radius 2 is 1.46 bits per heavy atom. The lowest BCUT2D eigenvalue weighted by Crippen LogP contribution is -2.60. The molecule has 0 N–H and O–H groups in total. The van der Waals surface area contributed by atoms with Crippen molar-refractivity contribution in [2.24, 2.45) is 0 Å². The van der Waals surface area contributed by atoms with Crippen LogP contribution in [-0.2, 0) is 0 Å². The SMILES string of the molecule is CN(C)c1ccc2c(c1)[Si](C)(C)c1cc(O[Si](C)(C)C(C)(C)C)ccc1C2=O. The maximum atomic E-state index is 13.2. The Morgan fingerprint density at radius 3 is 2.00 bits per heavy atom. The molecule has 0 aromatic heterocycles. The van der Waals surface area contributed by atoms with Gasteiger partial charge in [0.15, 0.2) is 5.78 Å². The third-order valence-electron chi connectivity index (χ3n) is 6.53.